The standard InChI is InChI=1S/C14H21N/c1-11(13-7-4-3-5-8-13)15-12(2)14-9-6-10-14/h3-5,7-8,11-12,14-15H,6,9-10H2,1-2H3/t11?,12-/m0/s1. The van der Waals surface area contributed by atoms with Crippen LogP contribution in [0.25, 0.3) is 0 Å². The maximum absolute atomic E-state index is 3.70. The zero-order valence-electron chi connectivity index (χ0n) is 9.74. The Balaban J connectivity index is 1.88. The van der Waals surface area contributed by atoms with Crippen LogP contribution in [0.2, 0.25) is 0 Å². The van der Waals surface area contributed by atoms with Crippen LogP contribution in [0.5, 0.6) is 0 Å². The first-order chi connectivity index (χ1) is 7.27. The lowest BCUT2D eigenvalue weighted by Gasteiger charge is -2.34. The van der Waals surface area contributed by atoms with Crippen molar-refractivity contribution in [3.05, 3.63) is 35.9 Å². The average molecular weight is 203 g/mol. The number of hydrogen-bond donors (Lipinski definition) is 1. The molecule has 0 saturated heterocycles. The Labute approximate surface area is 92.9 Å². The van der Waals surface area contributed by atoms with Gasteiger partial charge in [0.15, 0.2) is 0 Å². The highest BCUT2D eigenvalue weighted by atomic mass is 14.9. The fourth-order valence-corrected chi connectivity index (χ4v) is 2.31. The number of hydrogen-bond acceptors (Lipinski definition) is 1. The number of nitrogens with one attached hydrogen (secondary N) is 1. The van der Waals surface area contributed by atoms with Gasteiger partial charge in [0.1, 0.15) is 0 Å². The van der Waals surface area contributed by atoms with Crippen molar-refractivity contribution in [2.24, 2.45) is 5.92 Å². The predicted molar refractivity (Wildman–Crippen MR) is 64.8 cm³/mol. The quantitative estimate of drug-likeness (QED) is 0.789. The lowest BCUT2D eigenvalue weighted by molar-refractivity contribution is 0.230. The van der Waals surface area contributed by atoms with Gasteiger partial charge in [-0.15, -0.1) is 0 Å². The molecule has 1 aliphatic carbocycles. The first-order valence-corrected chi connectivity index (χ1v) is 6.08. The Morgan fingerprint density at radius 2 is 1.80 bits per heavy atom. The van der Waals surface area contributed by atoms with E-state index in [2.05, 4.69) is 49.5 Å². The first kappa shape index (κ1) is 10.7. The highest BCUT2D eigenvalue weighted by molar-refractivity contribution is 5.18. The van der Waals surface area contributed by atoms with Crippen molar-refractivity contribution in [3.63, 3.8) is 0 Å². The van der Waals surface area contributed by atoms with Crippen molar-refractivity contribution in [2.45, 2.75) is 45.2 Å². The van der Waals surface area contributed by atoms with Crippen molar-refractivity contribution in [1.82, 2.24) is 5.32 Å². The summed E-state index contributed by atoms with van der Waals surface area (Å²) in [5.74, 6) is 0.913. The molecule has 0 bridgehead atoms. The summed E-state index contributed by atoms with van der Waals surface area (Å²) >= 11 is 0. The molecule has 0 spiro atoms. The van der Waals surface area contributed by atoms with Crippen LogP contribution in [-0.2, 0) is 0 Å². The van der Waals surface area contributed by atoms with Crippen LogP contribution >= 0.6 is 0 Å². The Hall–Kier alpha value is -0.820. The van der Waals surface area contributed by atoms with E-state index in [0.717, 1.165) is 5.92 Å². The van der Waals surface area contributed by atoms with Crippen molar-refractivity contribution in [3.8, 4) is 0 Å². The molecule has 0 heterocycles. The molecular formula is C14H21N. The molecule has 1 heteroatoms. The van der Waals surface area contributed by atoms with Crippen LogP contribution in [0.3, 0.4) is 0 Å². The Bertz CT molecular complexity index is 289. The maximum atomic E-state index is 3.70. The van der Waals surface area contributed by atoms with Gasteiger partial charge in [-0.2, -0.15) is 0 Å². The van der Waals surface area contributed by atoms with E-state index in [-0.39, 0.29) is 0 Å². The molecule has 1 saturated carbocycles. The molecule has 2 atom stereocenters. The van der Waals surface area contributed by atoms with Crippen molar-refractivity contribution >= 4 is 0 Å². The third-order valence-corrected chi connectivity index (χ3v) is 3.67. The van der Waals surface area contributed by atoms with Crippen LogP contribution in [0.1, 0.15) is 44.7 Å². The highest BCUT2D eigenvalue weighted by Crippen LogP contribution is 2.30. The molecular weight excluding hydrogens is 182 g/mol. The first-order valence-electron chi connectivity index (χ1n) is 6.08. The van der Waals surface area contributed by atoms with Gasteiger partial charge in [0, 0.05) is 12.1 Å². The third kappa shape index (κ3) is 2.60. The van der Waals surface area contributed by atoms with E-state index in [0.29, 0.717) is 12.1 Å². The van der Waals surface area contributed by atoms with Gasteiger partial charge >= 0.3 is 0 Å². The molecule has 1 nitrogen and oxygen atoms in total. The summed E-state index contributed by atoms with van der Waals surface area (Å²) in [7, 11) is 0. The van der Waals surface area contributed by atoms with Gasteiger partial charge in [-0.25, -0.2) is 0 Å². The number of benzene rings is 1. The van der Waals surface area contributed by atoms with E-state index in [1.807, 2.05) is 0 Å². The molecule has 0 aromatic heterocycles. The summed E-state index contributed by atoms with van der Waals surface area (Å²) in [5.41, 5.74) is 1.39. The largest absolute Gasteiger partial charge is 0.307 e. The summed E-state index contributed by atoms with van der Waals surface area (Å²) in [6, 6.07) is 11.8. The normalized spacial score (nSPS) is 20.7. The van der Waals surface area contributed by atoms with E-state index >= 15 is 0 Å². The minimum absolute atomic E-state index is 0.474. The second kappa shape index (κ2) is 4.80. The summed E-state index contributed by atoms with van der Waals surface area (Å²) < 4.78 is 0. The smallest absolute Gasteiger partial charge is 0.0294 e. The molecule has 2 rings (SSSR count). The van der Waals surface area contributed by atoms with Crippen LogP contribution in [0.15, 0.2) is 30.3 Å². The Kier molecular flexibility index (Phi) is 3.42. The second-order valence-electron chi connectivity index (χ2n) is 4.78. The minimum atomic E-state index is 0.474. The molecule has 1 fully saturated rings. The molecule has 1 aromatic carbocycles. The summed E-state index contributed by atoms with van der Waals surface area (Å²) in [4.78, 5) is 0. The molecule has 1 aromatic rings. The molecule has 1 aliphatic rings. The van der Waals surface area contributed by atoms with Gasteiger partial charge in [0.05, 0.1) is 0 Å². The molecule has 0 aliphatic heterocycles. The third-order valence-electron chi connectivity index (χ3n) is 3.67. The van der Waals surface area contributed by atoms with Crippen LogP contribution in [0.4, 0.5) is 0 Å². The summed E-state index contributed by atoms with van der Waals surface area (Å²) in [6.07, 6.45) is 4.25. The summed E-state index contributed by atoms with van der Waals surface area (Å²) in [6.45, 7) is 4.58. The molecule has 0 radical (unpaired) electrons. The van der Waals surface area contributed by atoms with Crippen molar-refractivity contribution < 1.29 is 0 Å². The zero-order valence-corrected chi connectivity index (χ0v) is 9.74. The lowest BCUT2D eigenvalue weighted by Crippen LogP contribution is -2.38. The SMILES string of the molecule is CC(N[C@@H](C)C1CCC1)c1ccccc1. The van der Waals surface area contributed by atoms with Gasteiger partial charge in [0.2, 0.25) is 0 Å². The maximum Gasteiger partial charge on any atom is 0.0294 e. The van der Waals surface area contributed by atoms with Crippen LogP contribution in [-0.4, -0.2) is 6.04 Å². The lowest BCUT2D eigenvalue weighted by atomic mass is 9.80. The molecule has 82 valence electrons. The predicted octanol–water partition coefficient (Wildman–Crippen LogP) is 3.53. The molecule has 15 heavy (non-hydrogen) atoms. The van der Waals surface area contributed by atoms with E-state index in [1.54, 1.807) is 0 Å². The molecule has 0 amide bonds. The van der Waals surface area contributed by atoms with Gasteiger partial charge in [0.25, 0.3) is 0 Å². The van der Waals surface area contributed by atoms with E-state index in [1.165, 1.54) is 24.8 Å². The van der Waals surface area contributed by atoms with Crippen molar-refractivity contribution in [2.75, 3.05) is 0 Å². The van der Waals surface area contributed by atoms with Crippen molar-refractivity contribution in [1.29, 1.82) is 0 Å². The fraction of sp³-hybridized carbons (Fsp3) is 0.571. The number of rotatable bonds is 4. The highest BCUT2D eigenvalue weighted by Gasteiger charge is 2.24. The van der Waals surface area contributed by atoms with Gasteiger partial charge < -0.3 is 5.32 Å². The Morgan fingerprint density at radius 1 is 1.13 bits per heavy atom. The molecule has 1 N–H and O–H groups in total. The summed E-state index contributed by atoms with van der Waals surface area (Å²) in [5, 5.41) is 3.70. The Morgan fingerprint density at radius 3 is 2.33 bits per heavy atom. The van der Waals surface area contributed by atoms with Gasteiger partial charge in [-0.05, 0) is 38.2 Å². The van der Waals surface area contributed by atoms with Gasteiger partial charge in [-0.1, -0.05) is 36.8 Å². The fourth-order valence-electron chi connectivity index (χ4n) is 2.31. The average Bonchev–Trinajstić information content (AvgIpc) is 2.16. The van der Waals surface area contributed by atoms with Crippen LogP contribution < -0.4 is 5.32 Å². The van der Waals surface area contributed by atoms with E-state index in [4.69, 9.17) is 0 Å². The monoisotopic (exact) mass is 203 g/mol. The van der Waals surface area contributed by atoms with E-state index < -0.39 is 0 Å². The molecule has 1 unspecified atom stereocenters. The second-order valence-corrected chi connectivity index (χ2v) is 4.78. The van der Waals surface area contributed by atoms with E-state index in [9.17, 15) is 0 Å². The zero-order chi connectivity index (χ0) is 10.7. The van der Waals surface area contributed by atoms with Gasteiger partial charge in [-0.3, -0.25) is 0 Å². The minimum Gasteiger partial charge on any atom is -0.307 e. The topological polar surface area (TPSA) is 12.0 Å². The van der Waals surface area contributed by atoms with Crippen LogP contribution in [0, 0.1) is 5.92 Å².